The van der Waals surface area contributed by atoms with Gasteiger partial charge in [-0.25, -0.2) is 4.39 Å². The number of aliphatic hydroxyl groups excluding tert-OH is 1. The van der Waals surface area contributed by atoms with Crippen molar-refractivity contribution in [1.29, 1.82) is 0 Å². The van der Waals surface area contributed by atoms with E-state index in [2.05, 4.69) is 5.32 Å². The Balaban J connectivity index is 2.69. The zero-order valence-electron chi connectivity index (χ0n) is 10.7. The molecule has 0 aliphatic heterocycles. The maximum absolute atomic E-state index is 13.3. The van der Waals surface area contributed by atoms with Gasteiger partial charge in [-0.05, 0) is 25.0 Å². The van der Waals surface area contributed by atoms with Crippen LogP contribution in [0.3, 0.4) is 0 Å². The van der Waals surface area contributed by atoms with E-state index in [0.29, 0.717) is 25.1 Å². The van der Waals surface area contributed by atoms with Gasteiger partial charge in [-0.3, -0.25) is 0 Å². The number of methoxy groups -OCH3 is 1. The molecule has 102 valence electrons. The summed E-state index contributed by atoms with van der Waals surface area (Å²) in [7, 11) is 1.60. The van der Waals surface area contributed by atoms with Gasteiger partial charge in [0.15, 0.2) is 0 Å². The lowest BCUT2D eigenvalue weighted by molar-refractivity contribution is 0.0969. The Morgan fingerprint density at radius 3 is 2.83 bits per heavy atom. The number of aliphatic hydroxyl groups is 1. The Morgan fingerprint density at radius 2 is 2.22 bits per heavy atom. The Hall–Kier alpha value is -0.680. The van der Waals surface area contributed by atoms with E-state index in [4.69, 9.17) is 21.4 Å². The van der Waals surface area contributed by atoms with Gasteiger partial charge in [-0.1, -0.05) is 23.7 Å². The second-order valence-electron chi connectivity index (χ2n) is 4.53. The summed E-state index contributed by atoms with van der Waals surface area (Å²) >= 11 is 5.88. The van der Waals surface area contributed by atoms with Gasteiger partial charge in [0.25, 0.3) is 0 Å². The van der Waals surface area contributed by atoms with Gasteiger partial charge in [-0.2, -0.15) is 0 Å². The number of hydrogen-bond acceptors (Lipinski definition) is 3. The zero-order chi connectivity index (χ0) is 13.6. The number of halogens is 2. The highest BCUT2D eigenvalue weighted by atomic mass is 35.5. The molecule has 1 aromatic rings. The van der Waals surface area contributed by atoms with Crippen LogP contribution in [0.5, 0.6) is 0 Å². The van der Waals surface area contributed by atoms with Gasteiger partial charge in [0.1, 0.15) is 5.82 Å². The molecule has 0 spiro atoms. The molecule has 5 heteroatoms. The molecule has 0 aromatic heterocycles. The number of nitrogens with one attached hydrogen (secondary N) is 1. The molecule has 0 radical (unpaired) electrons. The fourth-order valence-electron chi connectivity index (χ4n) is 1.77. The second-order valence-corrected chi connectivity index (χ2v) is 4.91. The molecule has 1 atom stereocenters. The van der Waals surface area contributed by atoms with Crippen molar-refractivity contribution in [3.63, 3.8) is 0 Å². The Labute approximate surface area is 112 Å². The molecule has 0 saturated heterocycles. The minimum Gasteiger partial charge on any atom is -0.396 e. The van der Waals surface area contributed by atoms with Crippen LogP contribution in [0.2, 0.25) is 5.02 Å². The third-order valence-electron chi connectivity index (χ3n) is 2.86. The Morgan fingerprint density at radius 1 is 1.50 bits per heavy atom. The van der Waals surface area contributed by atoms with Crippen LogP contribution in [-0.2, 0) is 11.3 Å². The largest absolute Gasteiger partial charge is 0.396 e. The summed E-state index contributed by atoms with van der Waals surface area (Å²) in [6, 6.07) is 4.72. The molecule has 0 heterocycles. The third-order valence-corrected chi connectivity index (χ3v) is 3.29. The second kappa shape index (κ2) is 7.04. The highest BCUT2D eigenvalue weighted by molar-refractivity contribution is 6.31. The van der Waals surface area contributed by atoms with Crippen molar-refractivity contribution in [3.05, 3.63) is 34.6 Å². The third kappa shape index (κ3) is 4.21. The van der Waals surface area contributed by atoms with Crippen molar-refractivity contribution in [2.24, 2.45) is 0 Å². The van der Waals surface area contributed by atoms with Crippen LogP contribution < -0.4 is 5.32 Å². The van der Waals surface area contributed by atoms with Crippen molar-refractivity contribution < 1.29 is 14.2 Å². The summed E-state index contributed by atoms with van der Waals surface area (Å²) in [6.07, 6.45) is 0.549. The van der Waals surface area contributed by atoms with Crippen LogP contribution in [-0.4, -0.2) is 31.0 Å². The van der Waals surface area contributed by atoms with Gasteiger partial charge in [0.2, 0.25) is 0 Å². The lowest BCUT2D eigenvalue weighted by Gasteiger charge is -2.30. The van der Waals surface area contributed by atoms with E-state index >= 15 is 0 Å². The van der Waals surface area contributed by atoms with Gasteiger partial charge in [0.05, 0.1) is 11.6 Å². The number of benzene rings is 1. The van der Waals surface area contributed by atoms with Crippen LogP contribution >= 0.6 is 11.6 Å². The van der Waals surface area contributed by atoms with Crippen molar-refractivity contribution in [2.75, 3.05) is 20.3 Å². The normalized spacial score (nSPS) is 14.5. The highest BCUT2D eigenvalue weighted by Crippen LogP contribution is 2.20. The molecule has 0 saturated carbocycles. The summed E-state index contributed by atoms with van der Waals surface area (Å²) in [5.74, 6) is -0.424. The number of hydrogen-bond donors (Lipinski definition) is 2. The predicted molar refractivity (Wildman–Crippen MR) is 70.2 cm³/mol. The van der Waals surface area contributed by atoms with Gasteiger partial charge >= 0.3 is 0 Å². The van der Waals surface area contributed by atoms with Crippen LogP contribution in [0.15, 0.2) is 18.2 Å². The molecular weight excluding hydrogens is 257 g/mol. The molecule has 0 aliphatic carbocycles. The minimum atomic E-state index is -0.424. The first-order valence-corrected chi connectivity index (χ1v) is 6.18. The maximum Gasteiger partial charge on any atom is 0.142 e. The Kier molecular flexibility index (Phi) is 6.02. The SMILES string of the molecule is COCC(C)(CCO)NCc1cccc(F)c1Cl. The molecule has 1 rings (SSSR count). The van der Waals surface area contributed by atoms with Crippen molar-refractivity contribution >= 4 is 11.6 Å². The highest BCUT2D eigenvalue weighted by Gasteiger charge is 2.23. The van der Waals surface area contributed by atoms with Crippen molar-refractivity contribution in [1.82, 2.24) is 5.32 Å². The monoisotopic (exact) mass is 275 g/mol. The summed E-state index contributed by atoms with van der Waals surface area (Å²) in [6.45, 7) is 2.89. The van der Waals surface area contributed by atoms with E-state index in [1.54, 1.807) is 19.2 Å². The van der Waals surface area contributed by atoms with Gasteiger partial charge in [-0.15, -0.1) is 0 Å². The van der Waals surface area contributed by atoms with Crippen LogP contribution in [0.4, 0.5) is 4.39 Å². The van der Waals surface area contributed by atoms with E-state index in [9.17, 15) is 4.39 Å². The summed E-state index contributed by atoms with van der Waals surface area (Å²) in [5, 5.41) is 12.4. The molecule has 2 N–H and O–H groups in total. The van der Waals surface area contributed by atoms with E-state index in [0.717, 1.165) is 0 Å². The van der Waals surface area contributed by atoms with Crippen LogP contribution in [0, 0.1) is 5.82 Å². The standard InChI is InChI=1S/C13H19ClFNO2/c1-13(6-7-17,9-18-2)16-8-10-4-3-5-11(15)12(10)14/h3-5,16-17H,6-9H2,1-2H3. The smallest absolute Gasteiger partial charge is 0.142 e. The Bertz CT molecular complexity index is 381. The quantitative estimate of drug-likeness (QED) is 0.803. The molecule has 0 fully saturated rings. The van der Waals surface area contributed by atoms with Gasteiger partial charge in [0, 0.05) is 25.8 Å². The zero-order valence-corrected chi connectivity index (χ0v) is 11.4. The molecule has 0 aliphatic rings. The molecule has 0 amide bonds. The van der Waals surface area contributed by atoms with E-state index < -0.39 is 5.82 Å². The molecule has 1 aromatic carbocycles. The maximum atomic E-state index is 13.3. The lowest BCUT2D eigenvalue weighted by atomic mass is 9.99. The predicted octanol–water partition coefficient (Wildman–Crippen LogP) is 2.36. The molecule has 18 heavy (non-hydrogen) atoms. The number of ether oxygens (including phenoxy) is 1. The molecule has 0 bridgehead atoms. The first-order chi connectivity index (χ1) is 8.52. The summed E-state index contributed by atoms with van der Waals surface area (Å²) < 4.78 is 18.4. The lowest BCUT2D eigenvalue weighted by Crippen LogP contribution is -2.46. The number of rotatable bonds is 7. The summed E-state index contributed by atoms with van der Waals surface area (Å²) in [5.41, 5.74) is 0.330. The molecule has 1 unspecified atom stereocenters. The van der Waals surface area contributed by atoms with E-state index in [1.165, 1.54) is 6.07 Å². The van der Waals surface area contributed by atoms with Gasteiger partial charge < -0.3 is 15.2 Å². The average Bonchev–Trinajstić information content (AvgIpc) is 2.32. The first-order valence-electron chi connectivity index (χ1n) is 5.80. The van der Waals surface area contributed by atoms with Crippen molar-refractivity contribution in [2.45, 2.75) is 25.4 Å². The molecular formula is C13H19ClFNO2. The van der Waals surface area contributed by atoms with Crippen LogP contribution in [0.1, 0.15) is 18.9 Å². The average molecular weight is 276 g/mol. The summed E-state index contributed by atoms with van der Waals surface area (Å²) in [4.78, 5) is 0. The van der Waals surface area contributed by atoms with Crippen LogP contribution in [0.25, 0.3) is 0 Å². The van der Waals surface area contributed by atoms with E-state index in [1.807, 2.05) is 6.92 Å². The first kappa shape index (κ1) is 15.4. The molecule has 3 nitrogen and oxygen atoms in total. The van der Waals surface area contributed by atoms with E-state index in [-0.39, 0.29) is 17.2 Å². The topological polar surface area (TPSA) is 41.5 Å². The fourth-order valence-corrected chi connectivity index (χ4v) is 1.96. The minimum absolute atomic E-state index is 0.0593. The van der Waals surface area contributed by atoms with Crippen molar-refractivity contribution in [3.8, 4) is 0 Å². The fraction of sp³-hybridized carbons (Fsp3) is 0.538.